The maximum Gasteiger partial charge on any atom is 0.338 e. The van der Waals surface area contributed by atoms with Gasteiger partial charge in [0.25, 0.3) is 0 Å². The van der Waals surface area contributed by atoms with Gasteiger partial charge in [0, 0.05) is 18.0 Å². The molecule has 1 aromatic rings. The van der Waals surface area contributed by atoms with Crippen LogP contribution in [0.25, 0.3) is 0 Å². The number of piperidine rings is 1. The monoisotopic (exact) mass is 275 g/mol. The highest BCUT2D eigenvalue weighted by molar-refractivity contribution is 5.89. The molecule has 4 heteroatoms. The molecule has 1 aromatic carbocycles. The fourth-order valence-electron chi connectivity index (χ4n) is 3.60. The summed E-state index contributed by atoms with van der Waals surface area (Å²) in [6, 6.07) is 9.84. The SMILES string of the molecule is CN1[C@H]2CC[C@@H]1[C@@H](COC(=O)c1ccccc1)[C@@H](O)C2. The number of aliphatic hydroxyl groups is 1. The third kappa shape index (κ3) is 2.45. The standard InChI is InChI=1S/C16H21NO3/c1-17-12-7-8-14(17)13(15(18)9-12)10-20-16(19)11-5-3-2-4-6-11/h2-6,12-15,18H,7-10H2,1H3/t12-,13+,14+,15-/m0/s1. The quantitative estimate of drug-likeness (QED) is 0.853. The zero-order chi connectivity index (χ0) is 14.1. The molecule has 0 amide bonds. The third-order valence-corrected chi connectivity index (χ3v) is 4.81. The molecule has 3 rings (SSSR count). The van der Waals surface area contributed by atoms with Gasteiger partial charge in [-0.05, 0) is 38.4 Å². The van der Waals surface area contributed by atoms with Gasteiger partial charge in [0.2, 0.25) is 0 Å². The van der Waals surface area contributed by atoms with Gasteiger partial charge in [0.15, 0.2) is 0 Å². The highest BCUT2D eigenvalue weighted by atomic mass is 16.5. The predicted molar refractivity (Wildman–Crippen MR) is 75.4 cm³/mol. The van der Waals surface area contributed by atoms with Gasteiger partial charge in [-0.15, -0.1) is 0 Å². The summed E-state index contributed by atoms with van der Waals surface area (Å²) in [5.41, 5.74) is 0.565. The molecule has 4 atom stereocenters. The molecule has 108 valence electrons. The molecule has 2 heterocycles. The van der Waals surface area contributed by atoms with Crippen LogP contribution in [0, 0.1) is 5.92 Å². The van der Waals surface area contributed by atoms with E-state index in [-0.39, 0.29) is 18.0 Å². The van der Waals surface area contributed by atoms with E-state index in [1.54, 1.807) is 12.1 Å². The lowest BCUT2D eigenvalue weighted by atomic mass is 9.88. The Labute approximate surface area is 119 Å². The fourth-order valence-corrected chi connectivity index (χ4v) is 3.60. The average Bonchev–Trinajstić information content (AvgIpc) is 2.72. The van der Waals surface area contributed by atoms with Crippen LogP contribution in [-0.2, 0) is 4.74 Å². The van der Waals surface area contributed by atoms with E-state index in [4.69, 9.17) is 4.74 Å². The average molecular weight is 275 g/mol. The number of carbonyl (C=O) groups excluding carboxylic acids is 1. The molecule has 2 saturated heterocycles. The van der Waals surface area contributed by atoms with Crippen LogP contribution in [0.4, 0.5) is 0 Å². The Balaban J connectivity index is 1.62. The van der Waals surface area contributed by atoms with Gasteiger partial charge in [-0.2, -0.15) is 0 Å². The minimum atomic E-state index is -0.354. The molecule has 0 saturated carbocycles. The molecule has 2 aliphatic rings. The molecule has 2 bridgehead atoms. The number of nitrogens with zero attached hydrogens (tertiary/aromatic N) is 1. The van der Waals surface area contributed by atoms with E-state index in [2.05, 4.69) is 11.9 Å². The summed E-state index contributed by atoms with van der Waals surface area (Å²) in [4.78, 5) is 14.3. The van der Waals surface area contributed by atoms with Gasteiger partial charge >= 0.3 is 5.97 Å². The van der Waals surface area contributed by atoms with Crippen molar-refractivity contribution in [3.63, 3.8) is 0 Å². The largest absolute Gasteiger partial charge is 0.462 e. The van der Waals surface area contributed by atoms with Crippen LogP contribution in [0.3, 0.4) is 0 Å². The van der Waals surface area contributed by atoms with Gasteiger partial charge in [-0.3, -0.25) is 4.90 Å². The van der Waals surface area contributed by atoms with Crippen molar-refractivity contribution in [3.8, 4) is 0 Å². The molecule has 2 aliphatic heterocycles. The Bertz CT molecular complexity index is 476. The van der Waals surface area contributed by atoms with Crippen LogP contribution in [0.1, 0.15) is 29.6 Å². The van der Waals surface area contributed by atoms with Crippen molar-refractivity contribution < 1.29 is 14.6 Å². The highest BCUT2D eigenvalue weighted by Gasteiger charge is 2.45. The van der Waals surface area contributed by atoms with Crippen molar-refractivity contribution in [2.75, 3.05) is 13.7 Å². The number of rotatable bonds is 3. The Morgan fingerprint density at radius 3 is 2.85 bits per heavy atom. The molecular formula is C16H21NO3. The van der Waals surface area contributed by atoms with Crippen LogP contribution in [0.15, 0.2) is 30.3 Å². The molecule has 0 radical (unpaired) electrons. The Morgan fingerprint density at radius 2 is 2.10 bits per heavy atom. The van der Waals surface area contributed by atoms with E-state index in [0.717, 1.165) is 19.3 Å². The first-order valence-corrected chi connectivity index (χ1v) is 7.29. The highest BCUT2D eigenvalue weighted by Crippen LogP contribution is 2.38. The number of hydrogen-bond donors (Lipinski definition) is 1. The van der Waals surface area contributed by atoms with Crippen LogP contribution in [0.5, 0.6) is 0 Å². The molecule has 1 N–H and O–H groups in total. The van der Waals surface area contributed by atoms with Crippen molar-refractivity contribution in [1.82, 2.24) is 4.90 Å². The summed E-state index contributed by atoms with van der Waals surface area (Å²) in [5, 5.41) is 10.2. The summed E-state index contributed by atoms with van der Waals surface area (Å²) < 4.78 is 5.41. The molecule has 0 aliphatic carbocycles. The van der Waals surface area contributed by atoms with Crippen LogP contribution < -0.4 is 0 Å². The van der Waals surface area contributed by atoms with Gasteiger partial charge in [-0.25, -0.2) is 4.79 Å². The summed E-state index contributed by atoms with van der Waals surface area (Å²) >= 11 is 0. The van der Waals surface area contributed by atoms with E-state index in [0.29, 0.717) is 24.3 Å². The van der Waals surface area contributed by atoms with Crippen molar-refractivity contribution in [2.45, 2.75) is 37.5 Å². The minimum absolute atomic E-state index is 0.0337. The van der Waals surface area contributed by atoms with Crippen molar-refractivity contribution in [2.24, 2.45) is 5.92 Å². The lowest BCUT2D eigenvalue weighted by Crippen LogP contribution is -2.50. The van der Waals surface area contributed by atoms with E-state index < -0.39 is 0 Å². The van der Waals surface area contributed by atoms with E-state index in [9.17, 15) is 9.90 Å². The van der Waals surface area contributed by atoms with Crippen molar-refractivity contribution in [3.05, 3.63) is 35.9 Å². The first-order chi connectivity index (χ1) is 9.66. The first-order valence-electron chi connectivity index (χ1n) is 7.29. The lowest BCUT2D eigenvalue weighted by Gasteiger charge is -2.40. The summed E-state index contributed by atoms with van der Waals surface area (Å²) in [6.07, 6.45) is 2.67. The Morgan fingerprint density at radius 1 is 1.35 bits per heavy atom. The lowest BCUT2D eigenvalue weighted by molar-refractivity contribution is -0.0382. The van der Waals surface area contributed by atoms with Gasteiger partial charge in [0.1, 0.15) is 0 Å². The van der Waals surface area contributed by atoms with Crippen LogP contribution in [-0.4, -0.2) is 47.8 Å². The zero-order valence-electron chi connectivity index (χ0n) is 11.7. The van der Waals surface area contributed by atoms with Crippen LogP contribution >= 0.6 is 0 Å². The second kappa shape index (κ2) is 5.54. The molecule has 2 fully saturated rings. The summed E-state index contributed by atoms with van der Waals surface area (Å²) in [5.74, 6) is -0.271. The molecule has 0 unspecified atom stereocenters. The minimum Gasteiger partial charge on any atom is -0.462 e. The second-order valence-electron chi connectivity index (χ2n) is 5.90. The molecule has 4 nitrogen and oxygen atoms in total. The molecule has 0 spiro atoms. The van der Waals surface area contributed by atoms with Crippen molar-refractivity contribution >= 4 is 5.97 Å². The predicted octanol–water partition coefficient (Wildman–Crippen LogP) is 1.69. The number of aliphatic hydroxyl groups excluding tert-OH is 1. The third-order valence-electron chi connectivity index (χ3n) is 4.81. The van der Waals surface area contributed by atoms with E-state index >= 15 is 0 Å². The molecule has 0 aromatic heterocycles. The topological polar surface area (TPSA) is 49.8 Å². The second-order valence-corrected chi connectivity index (χ2v) is 5.90. The number of esters is 1. The Hall–Kier alpha value is -1.39. The van der Waals surface area contributed by atoms with Crippen molar-refractivity contribution in [1.29, 1.82) is 0 Å². The van der Waals surface area contributed by atoms with E-state index in [1.807, 2.05) is 18.2 Å². The number of ether oxygens (including phenoxy) is 1. The fraction of sp³-hybridized carbons (Fsp3) is 0.562. The first kappa shape index (κ1) is 13.6. The number of fused-ring (bicyclic) bond motifs is 2. The zero-order valence-corrected chi connectivity index (χ0v) is 11.7. The summed E-state index contributed by atoms with van der Waals surface area (Å²) in [7, 11) is 2.11. The molecular weight excluding hydrogens is 254 g/mol. The maximum atomic E-state index is 12.0. The normalized spacial score (nSPS) is 33.1. The van der Waals surface area contributed by atoms with Gasteiger partial charge < -0.3 is 9.84 Å². The van der Waals surface area contributed by atoms with Gasteiger partial charge in [-0.1, -0.05) is 18.2 Å². The Kier molecular flexibility index (Phi) is 3.76. The van der Waals surface area contributed by atoms with E-state index in [1.165, 1.54) is 0 Å². The number of benzene rings is 1. The number of hydrogen-bond acceptors (Lipinski definition) is 4. The molecule has 20 heavy (non-hydrogen) atoms. The van der Waals surface area contributed by atoms with Crippen LogP contribution in [0.2, 0.25) is 0 Å². The smallest absolute Gasteiger partial charge is 0.338 e. The number of carbonyl (C=O) groups is 1. The summed E-state index contributed by atoms with van der Waals surface area (Å²) in [6.45, 7) is 0.302. The maximum absolute atomic E-state index is 12.0. The van der Waals surface area contributed by atoms with Gasteiger partial charge in [0.05, 0.1) is 18.3 Å².